The lowest BCUT2D eigenvalue weighted by Crippen LogP contribution is -2.44. The molecule has 0 aliphatic carbocycles. The summed E-state index contributed by atoms with van der Waals surface area (Å²) in [6.07, 6.45) is -3.52. The highest BCUT2D eigenvalue weighted by atomic mass is 32.2. The Morgan fingerprint density at radius 1 is 1.32 bits per heavy atom. The highest BCUT2D eigenvalue weighted by molar-refractivity contribution is 7.89. The minimum atomic E-state index is -4.87. The van der Waals surface area contributed by atoms with Gasteiger partial charge in [0.15, 0.2) is 0 Å². The molecule has 0 saturated carbocycles. The number of hydrogen-bond donors (Lipinski definition) is 1. The molecule has 0 spiro atoms. The molecule has 1 unspecified atom stereocenters. The van der Waals surface area contributed by atoms with E-state index in [0.717, 1.165) is 34.6 Å². The predicted octanol–water partition coefficient (Wildman–Crippen LogP) is 1.62. The lowest BCUT2D eigenvalue weighted by Gasteiger charge is -2.30. The van der Waals surface area contributed by atoms with Gasteiger partial charge in [-0.05, 0) is 30.3 Å². The van der Waals surface area contributed by atoms with E-state index >= 15 is 0 Å². The molecule has 0 amide bonds. The SMILES string of the molecule is O=C(O)C=CC1CN(S(=O)(=O)c2ccc(OC(F)(F)F)cc2)CCO1. The molecule has 1 aromatic carbocycles. The van der Waals surface area contributed by atoms with E-state index in [9.17, 15) is 26.4 Å². The number of benzene rings is 1. The fourth-order valence-electron chi connectivity index (χ4n) is 2.14. The highest BCUT2D eigenvalue weighted by Gasteiger charge is 2.32. The molecule has 1 aromatic rings. The number of rotatable bonds is 5. The van der Waals surface area contributed by atoms with E-state index in [1.165, 1.54) is 6.08 Å². The molecule has 11 heteroatoms. The van der Waals surface area contributed by atoms with Crippen LogP contribution in [-0.2, 0) is 19.6 Å². The van der Waals surface area contributed by atoms with Crippen LogP contribution in [-0.4, -0.2) is 56.0 Å². The smallest absolute Gasteiger partial charge is 0.478 e. The molecule has 0 bridgehead atoms. The van der Waals surface area contributed by atoms with Crippen LogP contribution in [0.25, 0.3) is 0 Å². The molecule has 1 atom stereocenters. The predicted molar refractivity (Wildman–Crippen MR) is 78.4 cm³/mol. The first-order valence-corrected chi connectivity index (χ1v) is 8.40. The van der Waals surface area contributed by atoms with Gasteiger partial charge >= 0.3 is 12.3 Å². The molecular formula is C14H14F3NO6S. The third-order valence-electron chi connectivity index (χ3n) is 3.20. The molecule has 25 heavy (non-hydrogen) atoms. The first kappa shape index (κ1) is 19.2. The second-order valence-corrected chi connectivity index (χ2v) is 6.93. The van der Waals surface area contributed by atoms with E-state index in [0.29, 0.717) is 0 Å². The molecule has 1 saturated heterocycles. The van der Waals surface area contributed by atoms with Crippen LogP contribution >= 0.6 is 0 Å². The lowest BCUT2D eigenvalue weighted by molar-refractivity contribution is -0.274. The van der Waals surface area contributed by atoms with Crippen molar-refractivity contribution in [3.8, 4) is 5.75 Å². The highest BCUT2D eigenvalue weighted by Crippen LogP contribution is 2.25. The van der Waals surface area contributed by atoms with Crippen molar-refractivity contribution in [2.75, 3.05) is 19.7 Å². The van der Waals surface area contributed by atoms with Gasteiger partial charge in [0.05, 0.1) is 17.6 Å². The minimum absolute atomic E-state index is 0.0422. The molecule has 138 valence electrons. The molecule has 1 aliphatic rings. The third-order valence-corrected chi connectivity index (χ3v) is 5.08. The quantitative estimate of drug-likeness (QED) is 0.779. The first-order chi connectivity index (χ1) is 11.6. The van der Waals surface area contributed by atoms with Gasteiger partial charge in [-0.2, -0.15) is 4.31 Å². The number of carboxylic acid groups (broad SMARTS) is 1. The molecule has 7 nitrogen and oxygen atoms in total. The second kappa shape index (κ2) is 7.42. The minimum Gasteiger partial charge on any atom is -0.478 e. The van der Waals surface area contributed by atoms with Crippen molar-refractivity contribution < 1.29 is 41.0 Å². The third kappa shape index (κ3) is 5.44. The number of ether oxygens (including phenoxy) is 2. The van der Waals surface area contributed by atoms with E-state index in [1.54, 1.807) is 0 Å². The summed E-state index contributed by atoms with van der Waals surface area (Å²) in [6, 6.07) is 3.83. The summed E-state index contributed by atoms with van der Waals surface area (Å²) in [7, 11) is -3.96. The van der Waals surface area contributed by atoms with Gasteiger partial charge < -0.3 is 14.6 Å². The number of hydrogen-bond acceptors (Lipinski definition) is 5. The largest absolute Gasteiger partial charge is 0.573 e. The maximum absolute atomic E-state index is 12.5. The van der Waals surface area contributed by atoms with Crippen molar-refractivity contribution in [2.45, 2.75) is 17.4 Å². The van der Waals surface area contributed by atoms with Crippen LogP contribution in [0.1, 0.15) is 0 Å². The zero-order valence-electron chi connectivity index (χ0n) is 12.6. The van der Waals surface area contributed by atoms with Crippen molar-refractivity contribution in [1.82, 2.24) is 4.31 Å². The molecule has 2 rings (SSSR count). The van der Waals surface area contributed by atoms with Crippen LogP contribution in [0.2, 0.25) is 0 Å². The van der Waals surface area contributed by atoms with Gasteiger partial charge in [-0.1, -0.05) is 0 Å². The maximum atomic E-state index is 12.5. The van der Waals surface area contributed by atoms with Crippen molar-refractivity contribution in [3.05, 3.63) is 36.4 Å². The molecule has 1 fully saturated rings. The summed E-state index contributed by atoms with van der Waals surface area (Å²) in [5, 5.41) is 8.59. The van der Waals surface area contributed by atoms with E-state index in [-0.39, 0.29) is 24.6 Å². The van der Waals surface area contributed by atoms with Gasteiger partial charge in [-0.25, -0.2) is 13.2 Å². The zero-order chi connectivity index (χ0) is 18.7. The zero-order valence-corrected chi connectivity index (χ0v) is 13.5. The molecular weight excluding hydrogens is 367 g/mol. The number of carboxylic acids is 1. The topological polar surface area (TPSA) is 93.1 Å². The van der Waals surface area contributed by atoms with Crippen LogP contribution in [0.15, 0.2) is 41.3 Å². The second-order valence-electron chi connectivity index (χ2n) is 4.99. The van der Waals surface area contributed by atoms with Gasteiger partial charge in [-0.15, -0.1) is 13.2 Å². The monoisotopic (exact) mass is 381 g/mol. The van der Waals surface area contributed by atoms with Crippen LogP contribution in [0.5, 0.6) is 5.75 Å². The van der Waals surface area contributed by atoms with E-state index < -0.39 is 34.2 Å². The number of morpholine rings is 1. The first-order valence-electron chi connectivity index (χ1n) is 6.96. The maximum Gasteiger partial charge on any atom is 0.573 e. The summed E-state index contributed by atoms with van der Waals surface area (Å²) >= 11 is 0. The number of sulfonamides is 1. The molecule has 1 aliphatic heterocycles. The van der Waals surface area contributed by atoms with Gasteiger partial charge in [0.1, 0.15) is 5.75 Å². The van der Waals surface area contributed by atoms with Crippen molar-refractivity contribution in [3.63, 3.8) is 0 Å². The van der Waals surface area contributed by atoms with Crippen LogP contribution in [0.3, 0.4) is 0 Å². The summed E-state index contributed by atoms with van der Waals surface area (Å²) in [5.74, 6) is -1.72. The Hall–Kier alpha value is -2.11. The van der Waals surface area contributed by atoms with Crippen molar-refractivity contribution in [2.24, 2.45) is 0 Å². The number of carbonyl (C=O) groups is 1. The van der Waals surface area contributed by atoms with Gasteiger partial charge in [-0.3, -0.25) is 0 Å². The van der Waals surface area contributed by atoms with E-state index in [2.05, 4.69) is 4.74 Å². The summed E-state index contributed by atoms with van der Waals surface area (Å²) in [4.78, 5) is 10.3. The molecule has 0 aromatic heterocycles. The Balaban J connectivity index is 2.13. The fourth-order valence-corrected chi connectivity index (χ4v) is 3.57. The fraction of sp³-hybridized carbons (Fsp3) is 0.357. The summed E-state index contributed by atoms with van der Waals surface area (Å²) < 4.78 is 71.5. The van der Waals surface area contributed by atoms with Crippen molar-refractivity contribution in [1.29, 1.82) is 0 Å². The Bertz CT molecular complexity index is 745. The average molecular weight is 381 g/mol. The van der Waals surface area contributed by atoms with Gasteiger partial charge in [0, 0.05) is 19.2 Å². The Morgan fingerprint density at radius 2 is 1.96 bits per heavy atom. The van der Waals surface area contributed by atoms with Gasteiger partial charge in [0.2, 0.25) is 10.0 Å². The normalized spacial score (nSPS) is 19.9. The van der Waals surface area contributed by atoms with Crippen LogP contribution in [0.4, 0.5) is 13.2 Å². The number of aliphatic carboxylic acids is 1. The van der Waals surface area contributed by atoms with E-state index in [1.807, 2.05) is 0 Å². The Kier molecular flexibility index (Phi) is 5.70. The van der Waals surface area contributed by atoms with Gasteiger partial charge in [0.25, 0.3) is 0 Å². The van der Waals surface area contributed by atoms with Crippen molar-refractivity contribution >= 4 is 16.0 Å². The molecule has 1 N–H and O–H groups in total. The molecule has 1 heterocycles. The van der Waals surface area contributed by atoms with Crippen LogP contribution in [0, 0.1) is 0 Å². The average Bonchev–Trinajstić information content (AvgIpc) is 2.52. The van der Waals surface area contributed by atoms with E-state index in [4.69, 9.17) is 9.84 Å². The standard InChI is InChI=1S/C14H14F3NO6S/c15-14(16,17)24-10-1-4-12(5-2-10)25(21,22)18-7-8-23-11(9-18)3-6-13(19)20/h1-6,11H,7-9H2,(H,19,20). The van der Waals surface area contributed by atoms with Crippen LogP contribution < -0.4 is 4.74 Å². The number of nitrogens with zero attached hydrogens (tertiary/aromatic N) is 1. The number of halogens is 3. The summed E-state index contributed by atoms with van der Waals surface area (Å²) in [5.41, 5.74) is 0. The molecule has 0 radical (unpaired) electrons. The Labute approximate surface area is 141 Å². The summed E-state index contributed by atoms with van der Waals surface area (Å²) in [6.45, 7) is -0.00339. The lowest BCUT2D eigenvalue weighted by atomic mass is 10.3. The number of alkyl halides is 3. The Morgan fingerprint density at radius 3 is 2.52 bits per heavy atom.